The molecule has 1 aromatic heterocycles. The standard InChI is InChI=1S/C19H25BrN2O5/c1-17(2,3)27-16(25)22-11-18(12-22)5-6-19(10-18,26-9-15(23)24)13-4-7-21-8-14(13)20/h4,7-8H,5-6,9-12H2,1-3H3,(H,23,24). The summed E-state index contributed by atoms with van der Waals surface area (Å²) in [4.78, 5) is 29.2. The molecule has 1 saturated heterocycles. The van der Waals surface area contributed by atoms with Gasteiger partial charge in [-0.3, -0.25) is 4.98 Å². The van der Waals surface area contributed by atoms with E-state index in [-0.39, 0.29) is 18.1 Å². The van der Waals surface area contributed by atoms with Gasteiger partial charge in [-0.05, 0) is 62.0 Å². The zero-order chi connectivity index (χ0) is 19.9. The molecule has 1 N–H and O–H groups in total. The molecule has 0 bridgehead atoms. The molecule has 1 amide bonds. The predicted octanol–water partition coefficient (Wildman–Crippen LogP) is 3.56. The van der Waals surface area contributed by atoms with Crippen molar-refractivity contribution >= 4 is 28.0 Å². The number of rotatable bonds is 4. The molecule has 1 aliphatic carbocycles. The highest BCUT2D eigenvalue weighted by molar-refractivity contribution is 9.10. The number of pyridine rings is 1. The fraction of sp³-hybridized carbons (Fsp3) is 0.632. The zero-order valence-corrected chi connectivity index (χ0v) is 17.4. The Morgan fingerprint density at radius 3 is 2.63 bits per heavy atom. The van der Waals surface area contributed by atoms with Gasteiger partial charge in [-0.15, -0.1) is 0 Å². The molecule has 0 aromatic carbocycles. The molecule has 1 spiro atoms. The van der Waals surface area contributed by atoms with Gasteiger partial charge < -0.3 is 19.5 Å². The van der Waals surface area contributed by atoms with Crippen LogP contribution in [-0.4, -0.2) is 52.4 Å². The number of carboxylic acid groups (broad SMARTS) is 1. The van der Waals surface area contributed by atoms with Crippen LogP contribution in [0.5, 0.6) is 0 Å². The zero-order valence-electron chi connectivity index (χ0n) is 15.8. The maximum Gasteiger partial charge on any atom is 0.410 e. The normalized spacial score (nSPS) is 23.9. The van der Waals surface area contributed by atoms with E-state index in [0.29, 0.717) is 25.9 Å². The molecule has 148 valence electrons. The third kappa shape index (κ3) is 4.27. The van der Waals surface area contributed by atoms with Crippen LogP contribution in [0, 0.1) is 5.41 Å². The van der Waals surface area contributed by atoms with E-state index in [1.54, 1.807) is 17.3 Å². The van der Waals surface area contributed by atoms with Crippen LogP contribution in [0.15, 0.2) is 22.9 Å². The van der Waals surface area contributed by atoms with E-state index in [0.717, 1.165) is 16.5 Å². The summed E-state index contributed by atoms with van der Waals surface area (Å²) < 4.78 is 12.2. The van der Waals surface area contributed by atoms with Crippen LogP contribution in [0.2, 0.25) is 0 Å². The summed E-state index contributed by atoms with van der Waals surface area (Å²) in [6.45, 7) is 6.39. The van der Waals surface area contributed by atoms with Crippen LogP contribution in [0.1, 0.15) is 45.6 Å². The minimum atomic E-state index is -0.996. The minimum absolute atomic E-state index is 0.0713. The SMILES string of the molecule is CC(C)(C)OC(=O)N1CC2(CCC(OCC(=O)O)(c3ccncc3Br)C2)C1. The Bertz CT molecular complexity index is 742. The first-order chi connectivity index (χ1) is 12.5. The molecular formula is C19H25BrN2O5. The molecule has 1 aromatic rings. The number of amides is 1. The molecule has 3 rings (SSSR count). The number of carbonyl (C=O) groups is 2. The number of hydrogen-bond acceptors (Lipinski definition) is 5. The summed E-state index contributed by atoms with van der Waals surface area (Å²) >= 11 is 3.52. The minimum Gasteiger partial charge on any atom is -0.480 e. The van der Waals surface area contributed by atoms with Crippen molar-refractivity contribution in [3.8, 4) is 0 Å². The van der Waals surface area contributed by atoms with Crippen molar-refractivity contribution < 1.29 is 24.2 Å². The fourth-order valence-electron chi connectivity index (χ4n) is 4.11. The quantitative estimate of drug-likeness (QED) is 0.769. The van der Waals surface area contributed by atoms with Crippen molar-refractivity contribution in [3.05, 3.63) is 28.5 Å². The van der Waals surface area contributed by atoms with E-state index in [9.17, 15) is 9.59 Å². The maximum absolute atomic E-state index is 12.3. The van der Waals surface area contributed by atoms with Gasteiger partial charge in [0.15, 0.2) is 0 Å². The summed E-state index contributed by atoms with van der Waals surface area (Å²) in [5.74, 6) is -0.996. The Labute approximate surface area is 167 Å². The Morgan fingerprint density at radius 1 is 1.33 bits per heavy atom. The van der Waals surface area contributed by atoms with E-state index in [1.807, 2.05) is 26.8 Å². The summed E-state index contributed by atoms with van der Waals surface area (Å²) in [6.07, 6.45) is 5.30. The lowest BCUT2D eigenvalue weighted by atomic mass is 9.76. The number of hydrogen-bond donors (Lipinski definition) is 1. The molecule has 27 heavy (non-hydrogen) atoms. The van der Waals surface area contributed by atoms with E-state index in [4.69, 9.17) is 14.6 Å². The third-order valence-electron chi connectivity index (χ3n) is 5.16. The molecule has 1 unspecified atom stereocenters. The number of carbonyl (C=O) groups excluding carboxylic acids is 1. The molecular weight excluding hydrogens is 416 g/mol. The van der Waals surface area contributed by atoms with Gasteiger partial charge in [-0.1, -0.05) is 0 Å². The molecule has 2 fully saturated rings. The predicted molar refractivity (Wildman–Crippen MR) is 101 cm³/mol. The van der Waals surface area contributed by atoms with Gasteiger partial charge in [0.25, 0.3) is 0 Å². The number of halogens is 1. The van der Waals surface area contributed by atoms with Crippen LogP contribution in [0.25, 0.3) is 0 Å². The number of aromatic nitrogens is 1. The first-order valence-corrected chi connectivity index (χ1v) is 9.77. The summed E-state index contributed by atoms with van der Waals surface area (Å²) in [7, 11) is 0. The lowest BCUT2D eigenvalue weighted by Crippen LogP contribution is -2.58. The lowest BCUT2D eigenvalue weighted by molar-refractivity contribution is -0.152. The van der Waals surface area contributed by atoms with Crippen LogP contribution < -0.4 is 0 Å². The van der Waals surface area contributed by atoms with Gasteiger partial charge in [0, 0.05) is 40.9 Å². The van der Waals surface area contributed by atoms with Crippen molar-refractivity contribution in [2.45, 2.75) is 51.2 Å². The van der Waals surface area contributed by atoms with Crippen molar-refractivity contribution in [3.63, 3.8) is 0 Å². The highest BCUT2D eigenvalue weighted by Gasteiger charge is 2.57. The van der Waals surface area contributed by atoms with Gasteiger partial charge in [-0.25, -0.2) is 9.59 Å². The number of carboxylic acids is 1. The van der Waals surface area contributed by atoms with Gasteiger partial charge in [0.05, 0.1) is 5.60 Å². The van der Waals surface area contributed by atoms with Crippen LogP contribution in [-0.2, 0) is 19.9 Å². The Kier molecular flexibility index (Phi) is 5.24. The Hall–Kier alpha value is -1.67. The highest BCUT2D eigenvalue weighted by atomic mass is 79.9. The second kappa shape index (κ2) is 7.05. The average molecular weight is 441 g/mol. The Balaban J connectivity index is 1.75. The largest absolute Gasteiger partial charge is 0.480 e. The van der Waals surface area contributed by atoms with Crippen LogP contribution in [0.3, 0.4) is 0 Å². The maximum atomic E-state index is 12.3. The number of ether oxygens (including phenoxy) is 2. The molecule has 2 heterocycles. The lowest BCUT2D eigenvalue weighted by Gasteiger charge is -2.49. The monoisotopic (exact) mass is 440 g/mol. The molecule has 1 saturated carbocycles. The van der Waals surface area contributed by atoms with E-state index >= 15 is 0 Å². The van der Waals surface area contributed by atoms with Gasteiger partial charge in [0.2, 0.25) is 0 Å². The average Bonchev–Trinajstić information content (AvgIpc) is 2.92. The smallest absolute Gasteiger partial charge is 0.410 e. The first kappa shape index (κ1) is 20.1. The topological polar surface area (TPSA) is 89.0 Å². The fourth-order valence-corrected chi connectivity index (χ4v) is 4.73. The number of likely N-dealkylation sites (tertiary alicyclic amines) is 1. The van der Waals surface area contributed by atoms with Crippen molar-refractivity contribution in [1.82, 2.24) is 9.88 Å². The molecule has 7 nitrogen and oxygen atoms in total. The Morgan fingerprint density at radius 2 is 2.04 bits per heavy atom. The van der Waals surface area contributed by atoms with E-state index < -0.39 is 17.2 Å². The molecule has 2 aliphatic rings. The van der Waals surface area contributed by atoms with Crippen LogP contribution in [0.4, 0.5) is 4.79 Å². The molecule has 8 heteroatoms. The second-order valence-corrected chi connectivity index (χ2v) is 9.40. The van der Waals surface area contributed by atoms with Gasteiger partial charge in [-0.2, -0.15) is 0 Å². The van der Waals surface area contributed by atoms with Gasteiger partial charge >= 0.3 is 12.1 Å². The number of nitrogens with zero attached hydrogens (tertiary/aromatic N) is 2. The van der Waals surface area contributed by atoms with Gasteiger partial charge in [0.1, 0.15) is 12.2 Å². The van der Waals surface area contributed by atoms with E-state index in [2.05, 4.69) is 20.9 Å². The van der Waals surface area contributed by atoms with E-state index in [1.165, 1.54) is 0 Å². The summed E-state index contributed by atoms with van der Waals surface area (Å²) in [5, 5.41) is 9.11. The van der Waals surface area contributed by atoms with Crippen molar-refractivity contribution in [2.24, 2.45) is 5.41 Å². The van der Waals surface area contributed by atoms with Crippen LogP contribution >= 0.6 is 15.9 Å². The summed E-state index contributed by atoms with van der Waals surface area (Å²) in [5.41, 5.74) is -0.379. The molecule has 0 radical (unpaired) electrons. The second-order valence-electron chi connectivity index (χ2n) is 8.55. The van der Waals surface area contributed by atoms with Crippen molar-refractivity contribution in [2.75, 3.05) is 19.7 Å². The number of aliphatic carboxylic acids is 1. The highest BCUT2D eigenvalue weighted by Crippen LogP contribution is 2.56. The first-order valence-electron chi connectivity index (χ1n) is 8.98. The summed E-state index contributed by atoms with van der Waals surface area (Å²) in [6, 6.07) is 1.87. The third-order valence-corrected chi connectivity index (χ3v) is 5.79. The molecule has 1 atom stereocenters. The molecule has 1 aliphatic heterocycles. The van der Waals surface area contributed by atoms with Crippen molar-refractivity contribution in [1.29, 1.82) is 0 Å².